The van der Waals surface area contributed by atoms with E-state index in [-0.39, 0.29) is 10.8 Å². The van der Waals surface area contributed by atoms with Crippen molar-refractivity contribution in [3.8, 4) is 0 Å². The molecule has 0 radical (unpaired) electrons. The Morgan fingerprint density at radius 3 is 2.38 bits per heavy atom. The summed E-state index contributed by atoms with van der Waals surface area (Å²) in [5, 5.41) is 0. The summed E-state index contributed by atoms with van der Waals surface area (Å²) in [4.78, 5) is 12.8. The molecular formula is C31H50O. The third kappa shape index (κ3) is 3.26. The predicted octanol–water partition coefficient (Wildman–Crippen LogP) is 8.79. The number of carbonyl (C=O) groups excluding carboxylic acids is 1. The maximum absolute atomic E-state index is 12.8. The van der Waals surface area contributed by atoms with Crippen LogP contribution < -0.4 is 0 Å². The van der Waals surface area contributed by atoms with Gasteiger partial charge in [0.1, 0.15) is 5.78 Å². The average molecular weight is 439 g/mol. The van der Waals surface area contributed by atoms with E-state index in [9.17, 15) is 4.79 Å². The second-order valence-electron chi connectivity index (χ2n) is 13.9. The van der Waals surface area contributed by atoms with Crippen molar-refractivity contribution >= 4 is 5.78 Å². The lowest BCUT2D eigenvalue weighted by molar-refractivity contribution is -0.142. The van der Waals surface area contributed by atoms with Crippen molar-refractivity contribution in [3.63, 3.8) is 0 Å². The molecule has 1 nitrogen and oxygen atoms in total. The summed E-state index contributed by atoms with van der Waals surface area (Å²) < 4.78 is 0. The monoisotopic (exact) mass is 438 g/mol. The summed E-state index contributed by atoms with van der Waals surface area (Å²) in [7, 11) is 0. The molecule has 3 saturated carbocycles. The molecule has 180 valence electrons. The van der Waals surface area contributed by atoms with Crippen LogP contribution in [0.1, 0.15) is 113 Å². The van der Waals surface area contributed by atoms with E-state index in [1.165, 1.54) is 50.5 Å². The molecule has 8 atom stereocenters. The van der Waals surface area contributed by atoms with Gasteiger partial charge >= 0.3 is 0 Å². The molecule has 0 aromatic heterocycles. The van der Waals surface area contributed by atoms with Crippen LogP contribution in [0.3, 0.4) is 0 Å². The third-order valence-corrected chi connectivity index (χ3v) is 12.2. The van der Waals surface area contributed by atoms with Crippen molar-refractivity contribution in [1.29, 1.82) is 0 Å². The van der Waals surface area contributed by atoms with Crippen LogP contribution in [0, 0.1) is 51.2 Å². The highest BCUT2D eigenvalue weighted by Crippen LogP contribution is 2.72. The zero-order valence-corrected chi connectivity index (χ0v) is 22.4. The smallest absolute Gasteiger partial charge is 0.138 e. The number of carbonyl (C=O) groups is 1. The highest BCUT2D eigenvalue weighted by atomic mass is 16.1. The van der Waals surface area contributed by atoms with Crippen LogP contribution >= 0.6 is 0 Å². The van der Waals surface area contributed by atoms with Gasteiger partial charge in [0.15, 0.2) is 0 Å². The molecule has 0 aromatic carbocycles. The molecule has 0 saturated heterocycles. The number of hydrogen-bond acceptors (Lipinski definition) is 1. The molecular weight excluding hydrogens is 388 g/mol. The van der Waals surface area contributed by atoms with Gasteiger partial charge in [0.05, 0.1) is 0 Å². The van der Waals surface area contributed by atoms with E-state index >= 15 is 0 Å². The van der Waals surface area contributed by atoms with Crippen LogP contribution in [0.25, 0.3) is 0 Å². The number of rotatable bonds is 5. The molecule has 3 fully saturated rings. The molecule has 32 heavy (non-hydrogen) atoms. The molecule has 1 heteroatoms. The Labute approximate surface area is 198 Å². The van der Waals surface area contributed by atoms with E-state index in [0.717, 1.165) is 30.6 Å². The number of allylic oxidation sites excluding steroid dienone is 3. The third-order valence-electron chi connectivity index (χ3n) is 12.2. The molecule has 4 aliphatic rings. The van der Waals surface area contributed by atoms with Gasteiger partial charge in [-0.15, -0.1) is 0 Å². The highest BCUT2D eigenvalue weighted by molar-refractivity contribution is 5.85. The largest absolute Gasteiger partial charge is 0.299 e. The molecule has 4 rings (SSSR count). The fourth-order valence-electron chi connectivity index (χ4n) is 9.44. The van der Waals surface area contributed by atoms with Crippen molar-refractivity contribution in [2.45, 2.75) is 113 Å². The van der Waals surface area contributed by atoms with Gasteiger partial charge in [-0.2, -0.15) is 0 Å². The first-order valence-electron chi connectivity index (χ1n) is 13.7. The lowest BCUT2D eigenvalue weighted by Crippen LogP contribution is -2.56. The highest BCUT2D eigenvalue weighted by Gasteiger charge is 2.65. The fraction of sp³-hybridized carbons (Fsp3) is 0.839. The first kappa shape index (κ1) is 24.3. The second-order valence-corrected chi connectivity index (χ2v) is 13.9. The van der Waals surface area contributed by atoms with Gasteiger partial charge in [-0.25, -0.2) is 0 Å². The van der Waals surface area contributed by atoms with Gasteiger partial charge in [0.25, 0.3) is 0 Å². The Balaban J connectivity index is 1.61. The molecule has 0 heterocycles. The van der Waals surface area contributed by atoms with Gasteiger partial charge in [0, 0.05) is 11.8 Å². The van der Waals surface area contributed by atoms with Gasteiger partial charge in [0.2, 0.25) is 0 Å². The van der Waals surface area contributed by atoms with E-state index in [1.54, 1.807) is 5.57 Å². The van der Waals surface area contributed by atoms with Crippen LogP contribution in [-0.4, -0.2) is 5.78 Å². The molecule has 4 aliphatic carbocycles. The number of ketones is 1. The lowest BCUT2D eigenvalue weighted by Gasteiger charge is -2.63. The molecule has 0 aliphatic heterocycles. The van der Waals surface area contributed by atoms with Crippen molar-refractivity contribution in [3.05, 3.63) is 23.8 Å². The molecule has 0 N–H and O–H groups in total. The molecule has 0 unspecified atom stereocenters. The van der Waals surface area contributed by atoms with Gasteiger partial charge in [-0.05, 0) is 104 Å². The zero-order chi connectivity index (χ0) is 23.7. The Morgan fingerprint density at radius 2 is 1.72 bits per heavy atom. The van der Waals surface area contributed by atoms with Crippen LogP contribution in [0.5, 0.6) is 0 Å². The average Bonchev–Trinajstić information content (AvgIpc) is 3.00. The maximum Gasteiger partial charge on any atom is 0.138 e. The van der Waals surface area contributed by atoms with Gasteiger partial charge in [-0.3, -0.25) is 4.79 Å². The summed E-state index contributed by atoms with van der Waals surface area (Å²) in [5.41, 5.74) is 3.99. The van der Waals surface area contributed by atoms with E-state index in [2.05, 4.69) is 68.0 Å². The number of hydrogen-bond donors (Lipinski definition) is 0. The maximum atomic E-state index is 12.8. The first-order valence-corrected chi connectivity index (χ1v) is 13.7. The Morgan fingerprint density at radius 1 is 1.03 bits per heavy atom. The quantitative estimate of drug-likeness (QED) is 0.392. The lowest BCUT2D eigenvalue weighted by atomic mass is 9.41. The van der Waals surface area contributed by atoms with Crippen molar-refractivity contribution in [2.24, 2.45) is 51.2 Å². The van der Waals surface area contributed by atoms with Crippen molar-refractivity contribution < 1.29 is 4.79 Å². The minimum Gasteiger partial charge on any atom is -0.299 e. The van der Waals surface area contributed by atoms with Crippen LogP contribution in [0.2, 0.25) is 0 Å². The molecule has 0 spiro atoms. The summed E-state index contributed by atoms with van der Waals surface area (Å²) in [6.45, 7) is 23.6. The predicted molar refractivity (Wildman–Crippen MR) is 136 cm³/mol. The normalized spacial score (nSPS) is 44.7. The topological polar surface area (TPSA) is 17.1 Å². The Kier molecular flexibility index (Phi) is 5.95. The van der Waals surface area contributed by atoms with Crippen LogP contribution in [0.4, 0.5) is 0 Å². The van der Waals surface area contributed by atoms with Gasteiger partial charge < -0.3 is 0 Å². The van der Waals surface area contributed by atoms with E-state index in [4.69, 9.17) is 0 Å². The first-order chi connectivity index (χ1) is 14.8. The summed E-state index contributed by atoms with van der Waals surface area (Å²) in [6, 6.07) is 0. The van der Waals surface area contributed by atoms with E-state index in [0.29, 0.717) is 28.4 Å². The molecule has 0 bridgehead atoms. The number of fused-ring (bicyclic) bond motifs is 5. The molecule has 0 aromatic rings. The van der Waals surface area contributed by atoms with Crippen LogP contribution in [0.15, 0.2) is 23.8 Å². The summed E-state index contributed by atoms with van der Waals surface area (Å²) >= 11 is 0. The van der Waals surface area contributed by atoms with Gasteiger partial charge in [-0.1, -0.05) is 72.3 Å². The standard InChI is InChI=1S/C31H50O/c1-20(2)21(3)10-11-22(4)23-14-18-31(9)25-12-13-26-28(5,6)27(32)16-17-29(26,7)24(25)15-19-30(23,31)8/h15,21-23,25-26H,1,10-14,16-19H2,2-9H3/t21-,22+,23+,25+,26-,29+,30+,31-/m0/s1. The minimum atomic E-state index is -0.160. The molecule has 0 amide bonds. The number of Topliss-reactive ketones (excluding diaryl/α,β-unsaturated/α-hetero) is 1. The van der Waals surface area contributed by atoms with Crippen LogP contribution in [-0.2, 0) is 4.79 Å². The SMILES string of the molecule is C=C(C)[C@@H](C)CC[C@@H](C)[C@H]1CC[C@@]2(C)[C@@H]3CC[C@H]4C(C)(C)C(=O)CC[C@]4(C)C3=CC[C@]12C. The van der Waals surface area contributed by atoms with Crippen molar-refractivity contribution in [2.75, 3.05) is 0 Å². The van der Waals surface area contributed by atoms with E-state index in [1.807, 2.05) is 0 Å². The van der Waals surface area contributed by atoms with Crippen molar-refractivity contribution in [1.82, 2.24) is 0 Å². The van der Waals surface area contributed by atoms with E-state index < -0.39 is 0 Å². The Hall–Kier alpha value is -0.850. The zero-order valence-electron chi connectivity index (χ0n) is 22.4. The second kappa shape index (κ2) is 7.84. The fourth-order valence-corrected chi connectivity index (χ4v) is 9.44. The Bertz CT molecular complexity index is 816. The summed E-state index contributed by atoms with van der Waals surface area (Å²) in [5.74, 6) is 4.01. The minimum absolute atomic E-state index is 0.160. The summed E-state index contributed by atoms with van der Waals surface area (Å²) in [6.07, 6.45) is 13.8.